The second kappa shape index (κ2) is 9.59. The van der Waals surface area contributed by atoms with Crippen LogP contribution in [-0.2, 0) is 4.79 Å². The second-order valence-electron chi connectivity index (χ2n) is 5.57. The summed E-state index contributed by atoms with van der Waals surface area (Å²) in [6.45, 7) is 4.40. The molecule has 0 saturated carbocycles. The molecule has 0 atom stereocenters. The lowest BCUT2D eigenvalue weighted by Gasteiger charge is -2.14. The number of halogens is 2. The smallest absolute Gasteiger partial charge is 0.251 e. The number of carbonyl (C=O) groups is 2. The van der Waals surface area contributed by atoms with Crippen LogP contribution in [0.15, 0.2) is 40.9 Å². The van der Waals surface area contributed by atoms with Gasteiger partial charge in [-0.25, -0.2) is 0 Å². The van der Waals surface area contributed by atoms with Gasteiger partial charge < -0.3 is 15.4 Å². The van der Waals surface area contributed by atoms with Gasteiger partial charge in [0.1, 0.15) is 0 Å². The average Bonchev–Trinajstić information content (AvgIpc) is 2.58. The second-order valence-corrected chi connectivity index (χ2v) is 6.86. The van der Waals surface area contributed by atoms with Crippen LogP contribution in [-0.4, -0.2) is 25.0 Å². The first-order valence-corrected chi connectivity index (χ1v) is 9.35. The van der Waals surface area contributed by atoms with E-state index in [4.69, 9.17) is 16.3 Å². The Balaban J connectivity index is 1.93. The predicted octanol–water partition coefficient (Wildman–Crippen LogP) is 4.57. The highest BCUT2D eigenvalue weighted by Crippen LogP contribution is 2.36. The molecule has 0 aliphatic rings. The van der Waals surface area contributed by atoms with Gasteiger partial charge in [-0.15, -0.1) is 0 Å². The molecule has 0 spiro atoms. The predicted molar refractivity (Wildman–Crippen MR) is 107 cm³/mol. The summed E-state index contributed by atoms with van der Waals surface area (Å²) >= 11 is 9.42. The van der Waals surface area contributed by atoms with E-state index >= 15 is 0 Å². The zero-order valence-electron chi connectivity index (χ0n) is 14.6. The zero-order valence-corrected chi connectivity index (χ0v) is 16.9. The first kappa shape index (κ1) is 20.3. The minimum absolute atomic E-state index is 0.132. The third kappa shape index (κ3) is 5.47. The van der Waals surface area contributed by atoms with Gasteiger partial charge in [-0.05, 0) is 53.5 Å². The van der Waals surface area contributed by atoms with Gasteiger partial charge >= 0.3 is 0 Å². The number of aryl methyl sites for hydroxylation is 1. The lowest BCUT2D eigenvalue weighted by molar-refractivity contribution is -0.116. The Kier molecular flexibility index (Phi) is 7.48. The maximum Gasteiger partial charge on any atom is 0.251 e. The number of benzene rings is 2. The fraction of sp³-hybridized carbons (Fsp3) is 0.263. The molecule has 0 radical (unpaired) electrons. The van der Waals surface area contributed by atoms with E-state index in [1.807, 2.05) is 26.0 Å². The summed E-state index contributed by atoms with van der Waals surface area (Å²) in [7, 11) is 0. The normalized spacial score (nSPS) is 10.3. The number of hydrogen-bond donors (Lipinski definition) is 2. The molecule has 26 heavy (non-hydrogen) atoms. The third-order valence-electron chi connectivity index (χ3n) is 3.60. The molecule has 5 nitrogen and oxygen atoms in total. The van der Waals surface area contributed by atoms with Crippen molar-refractivity contribution in [3.63, 3.8) is 0 Å². The molecule has 0 aliphatic carbocycles. The summed E-state index contributed by atoms with van der Waals surface area (Å²) < 4.78 is 6.21. The first-order chi connectivity index (χ1) is 12.4. The van der Waals surface area contributed by atoms with Crippen molar-refractivity contribution < 1.29 is 14.3 Å². The average molecular weight is 440 g/mol. The van der Waals surface area contributed by atoms with E-state index in [1.54, 1.807) is 24.3 Å². The lowest BCUT2D eigenvalue weighted by Crippen LogP contribution is -2.28. The van der Waals surface area contributed by atoms with Crippen molar-refractivity contribution in [3.05, 3.63) is 57.0 Å². The van der Waals surface area contributed by atoms with Crippen molar-refractivity contribution in [1.29, 1.82) is 0 Å². The van der Waals surface area contributed by atoms with E-state index < -0.39 is 0 Å². The van der Waals surface area contributed by atoms with Gasteiger partial charge in [0.15, 0.2) is 5.75 Å². The van der Waals surface area contributed by atoms with Crippen LogP contribution in [0.5, 0.6) is 5.75 Å². The van der Waals surface area contributed by atoms with Gasteiger partial charge in [0.05, 0.1) is 16.8 Å². The summed E-state index contributed by atoms with van der Waals surface area (Å²) in [6.07, 6.45) is 0.132. The fourth-order valence-corrected chi connectivity index (χ4v) is 3.29. The Bertz CT molecular complexity index is 811. The molecule has 138 valence electrons. The molecule has 0 bridgehead atoms. The number of ether oxygens (including phenoxy) is 1. The van der Waals surface area contributed by atoms with Crippen LogP contribution in [0.3, 0.4) is 0 Å². The molecule has 0 unspecified atom stereocenters. The molecule has 0 aliphatic heterocycles. The number of anilines is 1. The third-order valence-corrected chi connectivity index (χ3v) is 4.41. The van der Waals surface area contributed by atoms with E-state index in [0.29, 0.717) is 33.1 Å². The Morgan fingerprint density at radius 3 is 2.65 bits per heavy atom. The molecule has 2 aromatic carbocycles. The summed E-state index contributed by atoms with van der Waals surface area (Å²) in [5.41, 5.74) is 1.98. The molecular weight excluding hydrogens is 420 g/mol. The largest absolute Gasteiger partial charge is 0.491 e. The Morgan fingerprint density at radius 2 is 1.96 bits per heavy atom. The van der Waals surface area contributed by atoms with Gasteiger partial charge in [-0.1, -0.05) is 29.8 Å². The monoisotopic (exact) mass is 438 g/mol. The number of rotatable bonds is 7. The Morgan fingerprint density at radius 1 is 1.23 bits per heavy atom. The highest BCUT2D eigenvalue weighted by molar-refractivity contribution is 9.10. The van der Waals surface area contributed by atoms with E-state index in [2.05, 4.69) is 26.6 Å². The first-order valence-electron chi connectivity index (χ1n) is 8.18. The van der Waals surface area contributed by atoms with Crippen LogP contribution in [0.2, 0.25) is 5.02 Å². The minimum Gasteiger partial charge on any atom is -0.491 e. The number of hydrogen-bond acceptors (Lipinski definition) is 3. The molecule has 0 aromatic heterocycles. The number of carbonyl (C=O) groups excluding carboxylic acids is 2. The quantitative estimate of drug-likeness (QED) is 0.664. The van der Waals surface area contributed by atoms with Crippen LogP contribution in [0.1, 0.15) is 29.3 Å². The van der Waals surface area contributed by atoms with Crippen molar-refractivity contribution in [2.24, 2.45) is 0 Å². The van der Waals surface area contributed by atoms with Crippen LogP contribution >= 0.6 is 27.5 Å². The highest BCUT2D eigenvalue weighted by Gasteiger charge is 2.14. The van der Waals surface area contributed by atoms with E-state index in [1.165, 1.54) is 0 Å². The molecule has 2 amide bonds. The van der Waals surface area contributed by atoms with Gasteiger partial charge in [0.2, 0.25) is 5.91 Å². The van der Waals surface area contributed by atoms with Crippen LogP contribution < -0.4 is 15.4 Å². The van der Waals surface area contributed by atoms with E-state index in [0.717, 1.165) is 5.56 Å². The van der Waals surface area contributed by atoms with Crippen molar-refractivity contribution in [3.8, 4) is 5.75 Å². The summed E-state index contributed by atoms with van der Waals surface area (Å²) in [4.78, 5) is 24.3. The zero-order chi connectivity index (χ0) is 19.1. The topological polar surface area (TPSA) is 67.4 Å². The van der Waals surface area contributed by atoms with E-state index in [9.17, 15) is 9.59 Å². The van der Waals surface area contributed by atoms with Crippen molar-refractivity contribution in [1.82, 2.24) is 5.32 Å². The van der Waals surface area contributed by atoms with Crippen molar-refractivity contribution in [2.75, 3.05) is 18.5 Å². The fourth-order valence-electron chi connectivity index (χ4n) is 2.37. The molecule has 2 rings (SSSR count). The van der Waals surface area contributed by atoms with Gasteiger partial charge in [0.25, 0.3) is 5.91 Å². The SMILES string of the molecule is CCOc1c(Br)cc(Cl)cc1NC(=O)CCNC(=O)c1ccccc1C. The summed E-state index contributed by atoms with van der Waals surface area (Å²) in [5.74, 6) is 0.0794. The molecule has 0 fully saturated rings. The molecular formula is C19H20BrClN2O3. The summed E-state index contributed by atoms with van der Waals surface area (Å²) in [5, 5.41) is 6.00. The van der Waals surface area contributed by atoms with E-state index in [-0.39, 0.29) is 24.8 Å². The number of nitrogens with one attached hydrogen (secondary N) is 2. The highest BCUT2D eigenvalue weighted by atomic mass is 79.9. The number of amides is 2. The van der Waals surface area contributed by atoms with Crippen LogP contribution in [0, 0.1) is 6.92 Å². The molecule has 2 aromatic rings. The van der Waals surface area contributed by atoms with Gasteiger partial charge in [0, 0.05) is 23.6 Å². The van der Waals surface area contributed by atoms with Gasteiger partial charge in [-0.3, -0.25) is 9.59 Å². The minimum atomic E-state index is -0.245. The van der Waals surface area contributed by atoms with Gasteiger partial charge in [-0.2, -0.15) is 0 Å². The maximum atomic E-state index is 12.2. The van der Waals surface area contributed by atoms with Crippen molar-refractivity contribution in [2.45, 2.75) is 20.3 Å². The van der Waals surface area contributed by atoms with Crippen LogP contribution in [0.25, 0.3) is 0 Å². The Labute approximate surface area is 166 Å². The maximum absolute atomic E-state index is 12.2. The molecule has 2 N–H and O–H groups in total. The van der Waals surface area contributed by atoms with Crippen LogP contribution in [0.4, 0.5) is 5.69 Å². The molecule has 0 saturated heterocycles. The van der Waals surface area contributed by atoms with Crippen molar-refractivity contribution >= 4 is 45.0 Å². The Hall–Kier alpha value is -2.05. The molecule has 0 heterocycles. The lowest BCUT2D eigenvalue weighted by atomic mass is 10.1. The summed E-state index contributed by atoms with van der Waals surface area (Å²) in [6, 6.07) is 10.6. The molecule has 7 heteroatoms. The standard InChI is InChI=1S/C19H20BrClN2O3/c1-3-26-18-15(20)10-13(21)11-16(18)23-17(24)8-9-22-19(25)14-7-5-4-6-12(14)2/h4-7,10-11H,3,8-9H2,1-2H3,(H,22,25)(H,23,24).